The lowest BCUT2D eigenvalue weighted by Crippen LogP contribution is -2.40. The summed E-state index contributed by atoms with van der Waals surface area (Å²) in [5.41, 5.74) is 0.618. The van der Waals surface area contributed by atoms with Crippen molar-refractivity contribution in [3.8, 4) is 5.75 Å². The minimum atomic E-state index is -1.58. The van der Waals surface area contributed by atoms with E-state index in [1.54, 1.807) is 14.0 Å². The number of benzene rings is 1. The molecule has 0 atom stereocenters. The van der Waals surface area contributed by atoms with Gasteiger partial charge >= 0.3 is 0 Å². The molecular weight excluding hydrogens is 195 g/mol. The Morgan fingerprint density at radius 2 is 1.79 bits per heavy atom. The molecule has 0 spiro atoms. The number of hydrogen-bond donors (Lipinski definition) is 0. The quantitative estimate of drug-likeness (QED) is 0.685. The summed E-state index contributed by atoms with van der Waals surface area (Å²) in [6, 6.07) is 3.71. The first-order valence-corrected chi connectivity index (χ1v) is 8.21. The van der Waals surface area contributed by atoms with Gasteiger partial charge in [-0.1, -0.05) is 25.7 Å². The molecule has 3 heteroatoms. The average molecular weight is 212 g/mol. The standard InChI is InChI=1S/C11H17FOSi/c1-8-9(13-2)6-7-10(11(8)12)14(3,4)5/h6-7H,1-5H3. The van der Waals surface area contributed by atoms with Crippen LogP contribution in [0.1, 0.15) is 5.56 Å². The van der Waals surface area contributed by atoms with Gasteiger partial charge in [0.15, 0.2) is 0 Å². The molecule has 0 unspecified atom stereocenters. The predicted molar refractivity (Wildman–Crippen MR) is 60.7 cm³/mol. The molecule has 14 heavy (non-hydrogen) atoms. The molecule has 0 amide bonds. The second kappa shape index (κ2) is 3.73. The van der Waals surface area contributed by atoms with Crippen LogP contribution in [-0.2, 0) is 0 Å². The molecule has 0 saturated carbocycles. The third-order valence-corrected chi connectivity index (χ3v) is 4.37. The van der Waals surface area contributed by atoms with Gasteiger partial charge in [0.25, 0.3) is 0 Å². The summed E-state index contributed by atoms with van der Waals surface area (Å²) >= 11 is 0. The van der Waals surface area contributed by atoms with Gasteiger partial charge in [-0.3, -0.25) is 0 Å². The highest BCUT2D eigenvalue weighted by atomic mass is 28.3. The molecule has 0 radical (unpaired) electrons. The largest absolute Gasteiger partial charge is 0.496 e. The van der Waals surface area contributed by atoms with E-state index >= 15 is 0 Å². The third kappa shape index (κ3) is 1.98. The maximum atomic E-state index is 13.9. The van der Waals surface area contributed by atoms with Crippen molar-refractivity contribution < 1.29 is 9.13 Å². The molecule has 1 aromatic rings. The summed E-state index contributed by atoms with van der Waals surface area (Å²) in [6.45, 7) is 8.17. The van der Waals surface area contributed by atoms with Crippen molar-refractivity contribution in [3.63, 3.8) is 0 Å². The molecule has 0 aliphatic heterocycles. The molecule has 1 aromatic carbocycles. The van der Waals surface area contributed by atoms with Crippen LogP contribution in [0, 0.1) is 12.7 Å². The highest BCUT2D eigenvalue weighted by Gasteiger charge is 2.22. The number of halogens is 1. The van der Waals surface area contributed by atoms with Crippen LogP contribution in [0.5, 0.6) is 5.75 Å². The summed E-state index contributed by atoms with van der Waals surface area (Å²) in [6.07, 6.45) is 0. The number of methoxy groups -OCH3 is 1. The Labute approximate surface area is 85.9 Å². The summed E-state index contributed by atoms with van der Waals surface area (Å²) in [7, 11) is -0.0101. The average Bonchev–Trinajstić information content (AvgIpc) is 2.07. The summed E-state index contributed by atoms with van der Waals surface area (Å²) in [4.78, 5) is 0. The van der Waals surface area contributed by atoms with E-state index in [4.69, 9.17) is 4.74 Å². The highest BCUT2D eigenvalue weighted by Crippen LogP contribution is 2.20. The zero-order valence-electron chi connectivity index (χ0n) is 9.44. The van der Waals surface area contributed by atoms with Crippen molar-refractivity contribution in [3.05, 3.63) is 23.5 Å². The lowest BCUT2D eigenvalue weighted by molar-refractivity contribution is 0.407. The van der Waals surface area contributed by atoms with Gasteiger partial charge in [-0.2, -0.15) is 0 Å². The van der Waals surface area contributed by atoms with E-state index in [0.29, 0.717) is 11.3 Å². The fourth-order valence-electron chi connectivity index (χ4n) is 1.47. The molecule has 1 rings (SSSR count). The summed E-state index contributed by atoms with van der Waals surface area (Å²) < 4.78 is 19.0. The Kier molecular flexibility index (Phi) is 3.00. The van der Waals surface area contributed by atoms with Gasteiger partial charge < -0.3 is 4.74 Å². The lowest BCUT2D eigenvalue weighted by Gasteiger charge is -2.19. The monoisotopic (exact) mass is 212 g/mol. The number of rotatable bonds is 2. The van der Waals surface area contributed by atoms with Crippen LogP contribution in [0.3, 0.4) is 0 Å². The van der Waals surface area contributed by atoms with Crippen LogP contribution < -0.4 is 9.92 Å². The molecule has 0 aromatic heterocycles. The van der Waals surface area contributed by atoms with E-state index in [9.17, 15) is 4.39 Å². The molecule has 0 fully saturated rings. The third-order valence-electron chi connectivity index (χ3n) is 2.36. The van der Waals surface area contributed by atoms with Gasteiger partial charge in [0.05, 0.1) is 15.2 Å². The van der Waals surface area contributed by atoms with Gasteiger partial charge in [-0.05, 0) is 18.2 Å². The Hall–Kier alpha value is -0.833. The van der Waals surface area contributed by atoms with Crippen molar-refractivity contribution in [2.45, 2.75) is 26.6 Å². The predicted octanol–water partition coefficient (Wildman–Crippen LogP) is 2.69. The molecule has 0 saturated heterocycles. The maximum absolute atomic E-state index is 13.9. The van der Waals surface area contributed by atoms with Crippen LogP contribution in [-0.4, -0.2) is 15.2 Å². The SMILES string of the molecule is COc1ccc([Si](C)(C)C)c(F)c1C. The van der Waals surface area contributed by atoms with Crippen molar-refractivity contribution in [2.75, 3.05) is 7.11 Å². The molecule has 0 N–H and O–H groups in total. The summed E-state index contributed by atoms with van der Waals surface area (Å²) in [5, 5.41) is 0.871. The van der Waals surface area contributed by atoms with Gasteiger partial charge in [-0.25, -0.2) is 4.39 Å². The van der Waals surface area contributed by atoms with E-state index in [2.05, 4.69) is 19.6 Å². The van der Waals surface area contributed by atoms with Crippen LogP contribution >= 0.6 is 0 Å². The molecule has 0 heterocycles. The molecule has 0 bridgehead atoms. The first-order valence-electron chi connectivity index (χ1n) is 4.71. The van der Waals surface area contributed by atoms with E-state index in [1.165, 1.54) is 0 Å². The zero-order valence-corrected chi connectivity index (χ0v) is 10.4. The number of hydrogen-bond acceptors (Lipinski definition) is 1. The Bertz CT molecular complexity index is 342. The highest BCUT2D eigenvalue weighted by molar-refractivity contribution is 6.88. The number of ether oxygens (including phenoxy) is 1. The smallest absolute Gasteiger partial charge is 0.129 e. The van der Waals surface area contributed by atoms with E-state index < -0.39 is 8.07 Å². The topological polar surface area (TPSA) is 9.23 Å². The van der Waals surface area contributed by atoms with Crippen LogP contribution in [0.4, 0.5) is 4.39 Å². The lowest BCUT2D eigenvalue weighted by atomic mass is 10.2. The molecular formula is C11H17FOSi. The van der Waals surface area contributed by atoms with Crippen LogP contribution in [0.2, 0.25) is 19.6 Å². The Morgan fingerprint density at radius 3 is 2.21 bits per heavy atom. The zero-order chi connectivity index (χ0) is 10.9. The summed E-state index contributed by atoms with van der Waals surface area (Å²) in [5.74, 6) is 0.535. The van der Waals surface area contributed by atoms with Crippen molar-refractivity contribution in [1.29, 1.82) is 0 Å². The minimum Gasteiger partial charge on any atom is -0.496 e. The van der Waals surface area contributed by atoms with Crippen LogP contribution in [0.15, 0.2) is 12.1 Å². The fraction of sp³-hybridized carbons (Fsp3) is 0.455. The van der Waals surface area contributed by atoms with Crippen molar-refractivity contribution in [2.24, 2.45) is 0 Å². The Balaban J connectivity index is 3.31. The minimum absolute atomic E-state index is 0.0940. The van der Waals surface area contributed by atoms with Crippen molar-refractivity contribution in [1.82, 2.24) is 0 Å². The van der Waals surface area contributed by atoms with Gasteiger partial charge in [0, 0.05) is 5.56 Å². The first kappa shape index (κ1) is 11.2. The fourth-order valence-corrected chi connectivity index (χ4v) is 2.90. The van der Waals surface area contributed by atoms with E-state index in [-0.39, 0.29) is 5.82 Å². The molecule has 0 aliphatic carbocycles. The molecule has 0 aliphatic rings. The van der Waals surface area contributed by atoms with Gasteiger partial charge in [0.2, 0.25) is 0 Å². The second-order valence-corrected chi connectivity index (χ2v) is 9.54. The maximum Gasteiger partial charge on any atom is 0.129 e. The first-order chi connectivity index (χ1) is 6.38. The van der Waals surface area contributed by atoms with Crippen LogP contribution in [0.25, 0.3) is 0 Å². The van der Waals surface area contributed by atoms with Gasteiger partial charge in [-0.15, -0.1) is 0 Å². The second-order valence-electron chi connectivity index (χ2n) is 4.50. The van der Waals surface area contributed by atoms with E-state index in [1.807, 2.05) is 12.1 Å². The normalized spacial score (nSPS) is 11.6. The molecule has 1 nitrogen and oxygen atoms in total. The van der Waals surface area contributed by atoms with Gasteiger partial charge in [0.1, 0.15) is 11.6 Å². The van der Waals surface area contributed by atoms with E-state index in [0.717, 1.165) is 5.19 Å². The molecule has 78 valence electrons. The Morgan fingerprint density at radius 1 is 1.21 bits per heavy atom. The van der Waals surface area contributed by atoms with Crippen molar-refractivity contribution >= 4 is 13.3 Å².